The Hall–Kier alpha value is -1.81. The van der Waals surface area contributed by atoms with Crippen molar-refractivity contribution in [3.05, 3.63) is 41.2 Å². The van der Waals surface area contributed by atoms with Crippen LogP contribution in [0, 0.1) is 0 Å². The van der Waals surface area contributed by atoms with Crippen LogP contribution in [-0.4, -0.2) is 17.0 Å². The Morgan fingerprint density at radius 2 is 1.95 bits per heavy atom. The summed E-state index contributed by atoms with van der Waals surface area (Å²) in [7, 11) is 1.81. The summed E-state index contributed by atoms with van der Waals surface area (Å²) < 4.78 is 5.72. The summed E-state index contributed by atoms with van der Waals surface area (Å²) in [5, 5.41) is 3.55. The van der Waals surface area contributed by atoms with Gasteiger partial charge in [0.05, 0.1) is 5.02 Å². The number of aromatic nitrogens is 2. The van der Waals surface area contributed by atoms with E-state index in [0.29, 0.717) is 16.7 Å². The highest BCUT2D eigenvalue weighted by Crippen LogP contribution is 2.29. The van der Waals surface area contributed by atoms with Crippen LogP contribution in [0.25, 0.3) is 0 Å². The number of ether oxygens (including phenoxy) is 1. The molecule has 0 atom stereocenters. The molecule has 0 aliphatic carbocycles. The van der Waals surface area contributed by atoms with Crippen LogP contribution in [0.15, 0.2) is 30.3 Å². The molecule has 4 nitrogen and oxygen atoms in total. The molecule has 0 spiro atoms. The first-order chi connectivity index (χ1) is 9.10. The lowest BCUT2D eigenvalue weighted by Crippen LogP contribution is -2.03. The van der Waals surface area contributed by atoms with Gasteiger partial charge in [-0.3, -0.25) is 0 Å². The van der Waals surface area contributed by atoms with Crippen LogP contribution >= 0.6 is 11.6 Å². The summed E-state index contributed by atoms with van der Waals surface area (Å²) in [6.07, 6.45) is 0. The van der Waals surface area contributed by atoms with E-state index in [9.17, 15) is 0 Å². The summed E-state index contributed by atoms with van der Waals surface area (Å²) in [5.74, 6) is 2.74. The smallest absolute Gasteiger partial charge is 0.224 e. The number of anilines is 1. The summed E-state index contributed by atoms with van der Waals surface area (Å²) in [5.41, 5.74) is 0. The third-order valence-corrected chi connectivity index (χ3v) is 2.86. The van der Waals surface area contributed by atoms with Crippen molar-refractivity contribution in [1.29, 1.82) is 0 Å². The number of para-hydroxylation sites is 1. The minimum atomic E-state index is 0.224. The Morgan fingerprint density at radius 1 is 1.21 bits per heavy atom. The molecule has 0 aliphatic rings. The fraction of sp³-hybridized carbons (Fsp3) is 0.286. The Balaban J connectivity index is 2.34. The molecule has 0 saturated carbocycles. The highest BCUT2D eigenvalue weighted by molar-refractivity contribution is 6.32. The van der Waals surface area contributed by atoms with E-state index in [1.807, 2.05) is 33.0 Å². The van der Waals surface area contributed by atoms with E-state index < -0.39 is 0 Å². The number of nitrogens with one attached hydrogen (secondary N) is 1. The molecule has 2 aromatic rings. The predicted molar refractivity (Wildman–Crippen MR) is 77.2 cm³/mol. The van der Waals surface area contributed by atoms with Crippen LogP contribution in [0.4, 0.5) is 5.82 Å². The van der Waals surface area contributed by atoms with Gasteiger partial charge in [0.1, 0.15) is 17.4 Å². The zero-order valence-electron chi connectivity index (χ0n) is 11.1. The summed E-state index contributed by atoms with van der Waals surface area (Å²) >= 11 is 6.07. The van der Waals surface area contributed by atoms with Crippen LogP contribution in [0.1, 0.15) is 25.6 Å². The number of rotatable bonds is 4. The minimum Gasteiger partial charge on any atom is -0.437 e. The normalized spacial score (nSPS) is 10.6. The van der Waals surface area contributed by atoms with Gasteiger partial charge in [0, 0.05) is 19.0 Å². The monoisotopic (exact) mass is 277 g/mol. The lowest BCUT2D eigenvalue weighted by Gasteiger charge is -2.11. The molecule has 1 heterocycles. The van der Waals surface area contributed by atoms with E-state index in [-0.39, 0.29) is 5.92 Å². The van der Waals surface area contributed by atoms with E-state index in [1.54, 1.807) is 18.2 Å². The maximum Gasteiger partial charge on any atom is 0.224 e. The van der Waals surface area contributed by atoms with E-state index in [2.05, 4.69) is 15.3 Å². The molecular formula is C14H16ClN3O. The molecule has 1 aromatic carbocycles. The van der Waals surface area contributed by atoms with Gasteiger partial charge in [-0.05, 0) is 12.1 Å². The molecular weight excluding hydrogens is 262 g/mol. The summed E-state index contributed by atoms with van der Waals surface area (Å²) in [6.45, 7) is 4.07. The van der Waals surface area contributed by atoms with E-state index in [1.165, 1.54) is 0 Å². The zero-order chi connectivity index (χ0) is 13.8. The Kier molecular flexibility index (Phi) is 4.22. The molecule has 1 aromatic heterocycles. The van der Waals surface area contributed by atoms with Crippen LogP contribution in [-0.2, 0) is 0 Å². The number of benzene rings is 1. The van der Waals surface area contributed by atoms with Crippen LogP contribution in [0.5, 0.6) is 11.6 Å². The van der Waals surface area contributed by atoms with Crippen LogP contribution < -0.4 is 10.1 Å². The van der Waals surface area contributed by atoms with Crippen molar-refractivity contribution in [1.82, 2.24) is 9.97 Å². The lowest BCUT2D eigenvalue weighted by atomic mass is 10.2. The highest BCUT2D eigenvalue weighted by atomic mass is 35.5. The third-order valence-electron chi connectivity index (χ3n) is 2.54. The molecule has 0 saturated heterocycles. The second kappa shape index (κ2) is 5.89. The quantitative estimate of drug-likeness (QED) is 0.914. The van der Waals surface area contributed by atoms with Gasteiger partial charge < -0.3 is 10.1 Å². The predicted octanol–water partition coefficient (Wildman–Crippen LogP) is 4.09. The van der Waals surface area contributed by atoms with E-state index >= 15 is 0 Å². The molecule has 0 bridgehead atoms. The topological polar surface area (TPSA) is 47.0 Å². The van der Waals surface area contributed by atoms with Gasteiger partial charge in [-0.2, -0.15) is 4.98 Å². The van der Waals surface area contributed by atoms with Crippen molar-refractivity contribution < 1.29 is 4.74 Å². The summed E-state index contributed by atoms with van der Waals surface area (Å²) in [4.78, 5) is 8.77. The van der Waals surface area contributed by atoms with Crippen molar-refractivity contribution in [3.8, 4) is 11.6 Å². The first kappa shape index (κ1) is 13.6. The maximum atomic E-state index is 6.07. The number of nitrogens with zero attached hydrogens (tertiary/aromatic N) is 2. The van der Waals surface area contributed by atoms with Gasteiger partial charge in [-0.1, -0.05) is 37.6 Å². The maximum absolute atomic E-state index is 6.07. The molecule has 5 heteroatoms. The molecule has 1 N–H and O–H groups in total. The average Bonchev–Trinajstić information content (AvgIpc) is 2.41. The molecule has 0 aliphatic heterocycles. The van der Waals surface area contributed by atoms with Gasteiger partial charge >= 0.3 is 0 Å². The first-order valence-corrected chi connectivity index (χ1v) is 6.47. The Morgan fingerprint density at radius 3 is 2.58 bits per heavy atom. The van der Waals surface area contributed by atoms with Gasteiger partial charge in [-0.25, -0.2) is 4.98 Å². The van der Waals surface area contributed by atoms with Crippen LogP contribution in [0.2, 0.25) is 5.02 Å². The molecule has 0 radical (unpaired) electrons. The molecule has 100 valence electrons. The molecule has 2 rings (SSSR count). The molecule has 19 heavy (non-hydrogen) atoms. The Labute approximate surface area is 117 Å². The van der Waals surface area contributed by atoms with Gasteiger partial charge in [0.2, 0.25) is 5.88 Å². The standard InChI is InChI=1S/C14H16ClN3O/c1-9(2)14-17-12(16-3)8-13(18-14)19-11-7-5-4-6-10(11)15/h4-9H,1-3H3,(H,16,17,18). The number of hydrogen-bond donors (Lipinski definition) is 1. The molecule has 0 amide bonds. The van der Waals surface area contributed by atoms with Crippen LogP contribution in [0.3, 0.4) is 0 Å². The van der Waals surface area contributed by atoms with Crippen molar-refractivity contribution in [2.24, 2.45) is 0 Å². The number of hydrogen-bond acceptors (Lipinski definition) is 4. The van der Waals surface area contributed by atoms with Gasteiger partial charge in [0.25, 0.3) is 0 Å². The third kappa shape index (κ3) is 3.35. The van der Waals surface area contributed by atoms with Crippen molar-refractivity contribution in [2.45, 2.75) is 19.8 Å². The van der Waals surface area contributed by atoms with Crippen molar-refractivity contribution in [2.75, 3.05) is 12.4 Å². The fourth-order valence-electron chi connectivity index (χ4n) is 1.52. The SMILES string of the molecule is CNc1cc(Oc2ccccc2Cl)nc(C(C)C)n1. The highest BCUT2D eigenvalue weighted by Gasteiger charge is 2.10. The minimum absolute atomic E-state index is 0.224. The lowest BCUT2D eigenvalue weighted by molar-refractivity contribution is 0.457. The second-order valence-corrected chi connectivity index (χ2v) is 4.79. The fourth-order valence-corrected chi connectivity index (χ4v) is 1.70. The van der Waals surface area contributed by atoms with Gasteiger partial charge in [0.15, 0.2) is 0 Å². The zero-order valence-corrected chi connectivity index (χ0v) is 11.9. The average molecular weight is 278 g/mol. The van der Waals surface area contributed by atoms with Gasteiger partial charge in [-0.15, -0.1) is 0 Å². The van der Waals surface area contributed by atoms with E-state index in [4.69, 9.17) is 16.3 Å². The van der Waals surface area contributed by atoms with Crippen molar-refractivity contribution in [3.63, 3.8) is 0 Å². The van der Waals surface area contributed by atoms with E-state index in [0.717, 1.165) is 11.6 Å². The Bertz CT molecular complexity index is 572. The first-order valence-electron chi connectivity index (χ1n) is 6.09. The summed E-state index contributed by atoms with van der Waals surface area (Å²) in [6, 6.07) is 9.05. The molecule has 0 unspecified atom stereocenters. The largest absolute Gasteiger partial charge is 0.437 e. The second-order valence-electron chi connectivity index (χ2n) is 4.39. The molecule has 0 fully saturated rings. The number of halogens is 1. The van der Waals surface area contributed by atoms with Crippen molar-refractivity contribution >= 4 is 17.4 Å².